The number of unbranched alkanes of at least 4 members (excludes halogenated alkanes) is 1. The van der Waals surface area contributed by atoms with E-state index < -0.39 is 11.6 Å². The lowest BCUT2D eigenvalue weighted by atomic mass is 9.76. The molecule has 0 heterocycles. The number of halogens is 2. The molecule has 0 aliphatic heterocycles. The van der Waals surface area contributed by atoms with Gasteiger partial charge >= 0.3 is 0 Å². The van der Waals surface area contributed by atoms with Crippen molar-refractivity contribution in [1.29, 1.82) is 0 Å². The minimum absolute atomic E-state index is 0.0156. The molecular weight excluding hydrogens is 390 g/mol. The van der Waals surface area contributed by atoms with E-state index in [-0.39, 0.29) is 5.56 Å². The summed E-state index contributed by atoms with van der Waals surface area (Å²) in [5, 5.41) is 0. The molecule has 3 heteroatoms. The summed E-state index contributed by atoms with van der Waals surface area (Å²) in [5.41, 5.74) is 0.805. The summed E-state index contributed by atoms with van der Waals surface area (Å²) in [4.78, 5) is 0. The van der Waals surface area contributed by atoms with Crippen LogP contribution in [0.25, 0.3) is 6.08 Å². The lowest BCUT2D eigenvalue weighted by molar-refractivity contribution is 0.243. The average molecular weight is 433 g/mol. The monoisotopic (exact) mass is 432 g/mol. The molecule has 1 aromatic carbocycles. The molecule has 0 bridgehead atoms. The molecule has 174 valence electrons. The van der Waals surface area contributed by atoms with Gasteiger partial charge in [-0.2, -0.15) is 0 Å². The van der Waals surface area contributed by atoms with Crippen molar-refractivity contribution in [2.75, 3.05) is 7.11 Å². The maximum Gasteiger partial charge on any atom is 0.133 e. The van der Waals surface area contributed by atoms with E-state index in [2.05, 4.69) is 6.92 Å². The largest absolute Gasteiger partial charge is 0.504 e. The highest BCUT2D eigenvalue weighted by Crippen LogP contribution is 2.39. The topological polar surface area (TPSA) is 9.23 Å². The molecule has 0 amide bonds. The first-order valence-electron chi connectivity index (χ1n) is 12.8. The second-order valence-electron chi connectivity index (χ2n) is 10.1. The van der Waals surface area contributed by atoms with Gasteiger partial charge in [0.15, 0.2) is 0 Å². The summed E-state index contributed by atoms with van der Waals surface area (Å²) < 4.78 is 33.5. The van der Waals surface area contributed by atoms with Gasteiger partial charge in [-0.1, -0.05) is 71.1 Å². The Kier molecular flexibility index (Phi) is 9.87. The van der Waals surface area contributed by atoms with E-state index >= 15 is 0 Å². The van der Waals surface area contributed by atoms with Gasteiger partial charge in [-0.15, -0.1) is 0 Å². The van der Waals surface area contributed by atoms with Crippen LogP contribution in [-0.4, -0.2) is 7.11 Å². The molecule has 31 heavy (non-hydrogen) atoms. The fraction of sp³-hybridized carbons (Fsp3) is 0.714. The standard InChI is InChI=1S/C28H42F2O/c1-3-6-21-9-11-22(12-10-21)7-4-5-8-23-13-15-24(16-14-23)25-19-27(29)26(17-18-31-2)28(30)20-25/h17-24H,3-16H2,1-2H3. The Morgan fingerprint density at radius 3 is 1.77 bits per heavy atom. The third-order valence-electron chi connectivity index (χ3n) is 7.93. The van der Waals surface area contributed by atoms with Gasteiger partial charge in [0.1, 0.15) is 11.6 Å². The van der Waals surface area contributed by atoms with Gasteiger partial charge in [0.25, 0.3) is 0 Å². The normalized spacial score (nSPS) is 27.0. The van der Waals surface area contributed by atoms with E-state index in [4.69, 9.17) is 4.74 Å². The quantitative estimate of drug-likeness (QED) is 0.265. The van der Waals surface area contributed by atoms with E-state index in [0.29, 0.717) is 5.92 Å². The molecule has 2 saturated carbocycles. The van der Waals surface area contributed by atoms with Crippen LogP contribution in [-0.2, 0) is 4.74 Å². The number of hydrogen-bond acceptors (Lipinski definition) is 1. The van der Waals surface area contributed by atoms with Crippen molar-refractivity contribution in [1.82, 2.24) is 0 Å². The van der Waals surface area contributed by atoms with Gasteiger partial charge in [-0.25, -0.2) is 8.78 Å². The number of ether oxygens (including phenoxy) is 1. The van der Waals surface area contributed by atoms with Crippen molar-refractivity contribution >= 4 is 6.08 Å². The summed E-state index contributed by atoms with van der Waals surface area (Å²) in [5.74, 6) is 2.10. The summed E-state index contributed by atoms with van der Waals surface area (Å²) in [6.07, 6.45) is 21.3. The fourth-order valence-corrected chi connectivity index (χ4v) is 6.00. The number of benzene rings is 1. The second-order valence-corrected chi connectivity index (χ2v) is 10.1. The van der Waals surface area contributed by atoms with Gasteiger partial charge in [0.05, 0.1) is 13.4 Å². The lowest BCUT2D eigenvalue weighted by Crippen LogP contribution is -2.15. The van der Waals surface area contributed by atoms with Crippen LogP contribution in [0.2, 0.25) is 0 Å². The molecule has 0 spiro atoms. The maximum atomic E-state index is 14.3. The Balaban J connectivity index is 1.35. The molecular formula is C28H42F2O. The first-order chi connectivity index (χ1) is 15.1. The van der Waals surface area contributed by atoms with Crippen LogP contribution >= 0.6 is 0 Å². The molecule has 2 aliphatic rings. The van der Waals surface area contributed by atoms with E-state index in [1.165, 1.54) is 109 Å². The predicted molar refractivity (Wildman–Crippen MR) is 126 cm³/mol. The SMILES string of the molecule is CCCC1CCC(CCCCC2CCC(c3cc(F)c(C=COC)c(F)c3)CC2)CC1. The summed E-state index contributed by atoms with van der Waals surface area (Å²) in [6, 6.07) is 3.05. The van der Waals surface area contributed by atoms with Gasteiger partial charge in [-0.05, 0) is 73.1 Å². The fourth-order valence-electron chi connectivity index (χ4n) is 6.00. The van der Waals surface area contributed by atoms with E-state index in [1.807, 2.05) is 0 Å². The molecule has 0 N–H and O–H groups in total. The van der Waals surface area contributed by atoms with Crippen LogP contribution in [0, 0.1) is 29.4 Å². The Labute approximate surface area is 188 Å². The minimum Gasteiger partial charge on any atom is -0.504 e. The number of rotatable bonds is 10. The highest BCUT2D eigenvalue weighted by molar-refractivity contribution is 5.51. The Morgan fingerprint density at radius 2 is 1.29 bits per heavy atom. The summed E-state index contributed by atoms with van der Waals surface area (Å²) in [6.45, 7) is 2.31. The molecule has 3 rings (SSSR count). The first kappa shape index (κ1) is 24.3. The number of methoxy groups -OCH3 is 1. The zero-order valence-corrected chi connectivity index (χ0v) is 19.7. The van der Waals surface area contributed by atoms with E-state index in [0.717, 1.165) is 36.2 Å². The van der Waals surface area contributed by atoms with Crippen molar-refractivity contribution < 1.29 is 13.5 Å². The summed E-state index contributed by atoms with van der Waals surface area (Å²) >= 11 is 0. The third-order valence-corrected chi connectivity index (χ3v) is 7.93. The Hall–Kier alpha value is -1.38. The van der Waals surface area contributed by atoms with Crippen LogP contribution in [0.1, 0.15) is 114 Å². The molecule has 0 atom stereocenters. The van der Waals surface area contributed by atoms with Gasteiger partial charge < -0.3 is 4.74 Å². The first-order valence-corrected chi connectivity index (χ1v) is 12.8. The lowest BCUT2D eigenvalue weighted by Gasteiger charge is -2.30. The Bertz CT molecular complexity index is 659. The molecule has 1 aromatic rings. The van der Waals surface area contributed by atoms with Crippen LogP contribution in [0.15, 0.2) is 18.4 Å². The predicted octanol–water partition coefficient (Wildman–Crippen LogP) is 9.02. The smallest absolute Gasteiger partial charge is 0.133 e. The Morgan fingerprint density at radius 1 is 0.806 bits per heavy atom. The molecule has 2 fully saturated rings. The third kappa shape index (κ3) is 7.32. The average Bonchev–Trinajstić information content (AvgIpc) is 2.78. The number of hydrogen-bond donors (Lipinski definition) is 0. The molecule has 0 aromatic heterocycles. The van der Waals surface area contributed by atoms with Crippen molar-refractivity contribution in [2.45, 2.75) is 103 Å². The van der Waals surface area contributed by atoms with Crippen LogP contribution in [0.3, 0.4) is 0 Å². The highest BCUT2D eigenvalue weighted by atomic mass is 19.1. The zero-order chi connectivity index (χ0) is 22.1. The maximum absolute atomic E-state index is 14.3. The molecule has 2 aliphatic carbocycles. The molecule has 0 unspecified atom stereocenters. The minimum atomic E-state index is -0.492. The van der Waals surface area contributed by atoms with Crippen molar-refractivity contribution in [3.05, 3.63) is 41.2 Å². The van der Waals surface area contributed by atoms with E-state index in [9.17, 15) is 8.78 Å². The van der Waals surface area contributed by atoms with Crippen molar-refractivity contribution in [3.8, 4) is 0 Å². The highest BCUT2D eigenvalue weighted by Gasteiger charge is 2.24. The molecule has 1 nitrogen and oxygen atoms in total. The van der Waals surface area contributed by atoms with Gasteiger partial charge in [0.2, 0.25) is 0 Å². The van der Waals surface area contributed by atoms with Gasteiger partial charge in [-0.3, -0.25) is 0 Å². The molecule has 0 radical (unpaired) electrons. The van der Waals surface area contributed by atoms with Crippen molar-refractivity contribution in [3.63, 3.8) is 0 Å². The van der Waals surface area contributed by atoms with Crippen molar-refractivity contribution in [2.24, 2.45) is 17.8 Å². The summed E-state index contributed by atoms with van der Waals surface area (Å²) in [7, 11) is 1.47. The van der Waals surface area contributed by atoms with Gasteiger partial charge in [0, 0.05) is 5.56 Å². The van der Waals surface area contributed by atoms with E-state index in [1.54, 1.807) is 0 Å². The second kappa shape index (κ2) is 12.6. The van der Waals surface area contributed by atoms with Crippen LogP contribution in [0.4, 0.5) is 8.78 Å². The molecule has 0 saturated heterocycles. The van der Waals surface area contributed by atoms with Crippen LogP contribution < -0.4 is 0 Å². The zero-order valence-electron chi connectivity index (χ0n) is 19.7. The van der Waals surface area contributed by atoms with Crippen LogP contribution in [0.5, 0.6) is 0 Å².